The molecule has 0 amide bonds. The van der Waals surface area contributed by atoms with Crippen LogP contribution in [0, 0.1) is 4.64 Å². The van der Waals surface area contributed by atoms with Crippen LogP contribution >= 0.6 is 12.2 Å². The first kappa shape index (κ1) is 16.8. The van der Waals surface area contributed by atoms with E-state index in [2.05, 4.69) is 26.9 Å². The van der Waals surface area contributed by atoms with Crippen molar-refractivity contribution < 1.29 is 31.1 Å². The third kappa shape index (κ3) is 6.61. The Bertz CT molecular complexity index is 502. The summed E-state index contributed by atoms with van der Waals surface area (Å²) in [6, 6.07) is 0. The van der Waals surface area contributed by atoms with Crippen LogP contribution < -0.4 is 4.98 Å². The van der Waals surface area contributed by atoms with Gasteiger partial charge in [-0.1, -0.05) is 0 Å². The number of nitrogens with one attached hydrogen (secondary N) is 3. The van der Waals surface area contributed by atoms with Gasteiger partial charge in [0.15, 0.2) is 5.52 Å². The van der Waals surface area contributed by atoms with Gasteiger partial charge in [-0.2, -0.15) is 4.98 Å². The van der Waals surface area contributed by atoms with Crippen LogP contribution in [0.3, 0.4) is 0 Å². The van der Waals surface area contributed by atoms with Crippen LogP contribution in [0.25, 0.3) is 11.2 Å². The maximum absolute atomic E-state index is 4.96. The first-order valence-electron chi connectivity index (χ1n) is 7.01. The first-order chi connectivity index (χ1) is 9.29. The molecule has 19 heavy (non-hydrogen) atoms. The van der Waals surface area contributed by atoms with Crippen molar-refractivity contribution in [1.29, 1.82) is 0 Å². The van der Waals surface area contributed by atoms with Crippen LogP contribution in [0.4, 0.5) is 0 Å². The fraction of sp³-hybridized carbons (Fsp3) is 0.615. The molecule has 2 heterocycles. The Morgan fingerprint density at radius 1 is 1.21 bits per heavy atom. The van der Waals surface area contributed by atoms with Crippen molar-refractivity contribution in [2.45, 2.75) is 49.4 Å². The van der Waals surface area contributed by atoms with E-state index >= 15 is 0 Å². The molecule has 0 radical (unpaired) electrons. The Balaban J connectivity index is 0.000000192. The van der Waals surface area contributed by atoms with E-state index in [1.807, 2.05) is 0 Å². The molecule has 0 atom stereocenters. The van der Waals surface area contributed by atoms with Crippen molar-refractivity contribution in [2.24, 2.45) is 0 Å². The minimum Gasteiger partial charge on any atom is -0.337 e. The fourth-order valence-electron chi connectivity index (χ4n) is 1.78. The molecule has 0 unspecified atom stereocenters. The van der Waals surface area contributed by atoms with Gasteiger partial charge in [-0.05, 0) is 12.2 Å². The van der Waals surface area contributed by atoms with Crippen molar-refractivity contribution in [3.8, 4) is 0 Å². The van der Waals surface area contributed by atoms with Gasteiger partial charge >= 0.3 is 75.5 Å². The fourth-order valence-corrected chi connectivity index (χ4v) is 3.37. The number of H-pyrrole nitrogens is 3. The average molecular weight is 467 g/mol. The minimum atomic E-state index is 0.672. The van der Waals surface area contributed by atoms with Gasteiger partial charge in [0, 0.05) is 0 Å². The quantitative estimate of drug-likeness (QED) is 0.387. The van der Waals surface area contributed by atoms with E-state index in [1.165, 1.54) is 38.5 Å². The zero-order valence-corrected chi connectivity index (χ0v) is 18.0. The van der Waals surface area contributed by atoms with Crippen LogP contribution in [0.5, 0.6) is 0 Å². The number of rotatable bonds is 6. The average Bonchev–Trinajstić information content (AvgIpc) is 2.89. The summed E-state index contributed by atoms with van der Waals surface area (Å²) < 4.78 is 2.23. The molecule has 2 rings (SSSR count). The van der Waals surface area contributed by atoms with E-state index in [0.29, 0.717) is 4.64 Å². The third-order valence-corrected chi connectivity index (χ3v) is 5.15. The molecule has 2 aromatic rings. The van der Waals surface area contributed by atoms with E-state index in [1.54, 1.807) is 16.6 Å². The van der Waals surface area contributed by atoms with Gasteiger partial charge < -0.3 is 4.98 Å². The molecule has 101 valence electrons. The molecule has 6 heteroatoms. The zero-order valence-electron chi connectivity index (χ0n) is 11.7. The number of aromatic nitrogens is 4. The van der Waals surface area contributed by atoms with Gasteiger partial charge in [-0.3, -0.25) is 0 Å². The molecule has 0 fully saturated rings. The van der Waals surface area contributed by atoms with Crippen LogP contribution in [0.2, 0.25) is 3.93 Å². The van der Waals surface area contributed by atoms with Crippen molar-refractivity contribution in [3.63, 3.8) is 0 Å². The minimum absolute atomic E-state index is 0.672. The normalized spacial score (nSPS) is 10.3. The largest absolute Gasteiger partial charge is 0.337 e. The number of hydrogen-bond acceptors (Lipinski definition) is 2. The van der Waals surface area contributed by atoms with Gasteiger partial charge in [0.05, 0.1) is 6.33 Å². The number of imidazole rings is 1. The Morgan fingerprint density at radius 3 is 2.63 bits per heavy atom. The van der Waals surface area contributed by atoms with Crippen molar-refractivity contribution in [1.82, 2.24) is 15.0 Å². The van der Waals surface area contributed by atoms with Crippen molar-refractivity contribution in [3.05, 3.63) is 17.3 Å². The van der Waals surface area contributed by atoms with Gasteiger partial charge in [0.1, 0.15) is 0 Å². The Labute approximate surface area is 135 Å². The number of fused-ring (bicyclic) bond motifs is 1. The van der Waals surface area contributed by atoms with E-state index in [4.69, 9.17) is 12.2 Å². The molecule has 0 spiro atoms. The van der Waals surface area contributed by atoms with Crippen LogP contribution in [-0.2, 0) is 26.1 Å². The molecule has 2 aromatic heterocycles. The first-order valence-corrected chi connectivity index (χ1v) is 11.3. The molecule has 0 saturated carbocycles. The standard InChI is InChI=1S/C8H17.C5H4N4S.Hg/c1-3-5-7-8-6-4-2;10-5-3-4(7-1-6-3)8-2-9-5;/h1,3-8H2,2H3;1-2H,(H2,6,7,8,9,10);/p+1. The van der Waals surface area contributed by atoms with E-state index in [9.17, 15) is 0 Å². The second kappa shape index (κ2) is 10.5. The third-order valence-electron chi connectivity index (χ3n) is 2.88. The smallest absolute Gasteiger partial charge is 0.249 e. The molecule has 0 aromatic carbocycles. The molecule has 0 aliphatic carbocycles. The Kier molecular flexibility index (Phi) is 9.25. The van der Waals surface area contributed by atoms with Gasteiger partial charge in [0.2, 0.25) is 16.6 Å². The SMILES string of the molecule is CCCCCCC[CH2][Hg].S=c1[nH+]c[nH]c2nc[nH]c12. The number of aromatic amines is 3. The van der Waals surface area contributed by atoms with E-state index in [-0.39, 0.29) is 0 Å². The predicted octanol–water partition coefficient (Wildman–Crippen LogP) is 3.75. The molecule has 0 saturated heterocycles. The monoisotopic (exact) mass is 468 g/mol. The maximum Gasteiger partial charge on any atom is 0.249 e. The topological polar surface area (TPSA) is 58.6 Å². The summed E-state index contributed by atoms with van der Waals surface area (Å²) in [6.07, 6.45) is 12.1. The number of unbranched alkanes of at least 4 members (excludes halogenated alkanes) is 5. The maximum atomic E-state index is 4.96. The summed E-state index contributed by atoms with van der Waals surface area (Å²) in [6.45, 7) is 2.27. The molecular weight excluding hydrogens is 445 g/mol. The van der Waals surface area contributed by atoms with Crippen LogP contribution in [0.15, 0.2) is 12.7 Å². The van der Waals surface area contributed by atoms with Gasteiger partial charge in [0.25, 0.3) is 0 Å². The molecule has 0 bridgehead atoms. The number of nitrogens with zero attached hydrogens (tertiary/aromatic N) is 1. The molecule has 4 nitrogen and oxygen atoms in total. The second-order valence-corrected chi connectivity index (χ2v) is 7.67. The summed E-state index contributed by atoms with van der Waals surface area (Å²) in [7, 11) is 0. The molecule has 0 aliphatic heterocycles. The Morgan fingerprint density at radius 2 is 1.95 bits per heavy atom. The zero-order chi connectivity index (χ0) is 13.9. The summed E-state index contributed by atoms with van der Waals surface area (Å²) in [5.74, 6) is 0. The van der Waals surface area contributed by atoms with Crippen molar-refractivity contribution >= 4 is 23.4 Å². The Hall–Kier alpha value is -0.295. The summed E-state index contributed by atoms with van der Waals surface area (Å²) in [5.41, 5.74) is 1.63. The van der Waals surface area contributed by atoms with Gasteiger partial charge in [-0.15, -0.1) is 0 Å². The van der Waals surface area contributed by atoms with Gasteiger partial charge in [-0.25, -0.2) is 9.97 Å². The van der Waals surface area contributed by atoms with Crippen LogP contribution in [-0.4, -0.2) is 15.0 Å². The summed E-state index contributed by atoms with van der Waals surface area (Å²) in [5, 5.41) is 0. The van der Waals surface area contributed by atoms with E-state index < -0.39 is 0 Å². The predicted molar refractivity (Wildman–Crippen MR) is 76.0 cm³/mol. The molecule has 3 N–H and O–H groups in total. The van der Waals surface area contributed by atoms with Crippen LogP contribution in [0.1, 0.15) is 45.4 Å². The van der Waals surface area contributed by atoms with Crippen molar-refractivity contribution in [2.75, 3.05) is 0 Å². The summed E-state index contributed by atoms with van der Waals surface area (Å²) >= 11 is 6.03. The molecular formula is C13H22HgN4S+. The number of hydrogen-bond donors (Lipinski definition) is 2. The summed E-state index contributed by atoms with van der Waals surface area (Å²) in [4.78, 5) is 12.6. The van der Waals surface area contributed by atoms with E-state index in [0.717, 1.165) is 37.3 Å². The molecule has 0 aliphatic rings. The second-order valence-electron chi connectivity index (χ2n) is 4.51.